The number of rotatable bonds is 2. The zero-order valence-corrected chi connectivity index (χ0v) is 12.0. The predicted octanol–water partition coefficient (Wildman–Crippen LogP) is 2.13. The molecule has 3 rings (SSSR count). The second kappa shape index (κ2) is 5.29. The first kappa shape index (κ1) is 13.8. The summed E-state index contributed by atoms with van der Waals surface area (Å²) in [5.41, 5.74) is 0.424. The molecule has 2 aromatic rings. The van der Waals surface area contributed by atoms with E-state index in [4.69, 9.17) is 21.1 Å². The largest absolute Gasteiger partial charge is 0.493 e. The minimum absolute atomic E-state index is 0.230. The Hall–Kier alpha value is -2.21. The number of halogens is 1. The summed E-state index contributed by atoms with van der Waals surface area (Å²) in [6.45, 7) is 2.64. The van der Waals surface area contributed by atoms with Gasteiger partial charge in [-0.25, -0.2) is 0 Å². The SMILES string of the molecule is CCc1c(O)nc(-c2cc(Cl)c3c(c2)OCCO3)[nH]c1=O. The Kier molecular flexibility index (Phi) is 3.47. The van der Waals surface area contributed by atoms with Crippen LogP contribution >= 0.6 is 11.6 Å². The lowest BCUT2D eigenvalue weighted by molar-refractivity contribution is 0.172. The number of aromatic amines is 1. The van der Waals surface area contributed by atoms with Gasteiger partial charge >= 0.3 is 0 Å². The summed E-state index contributed by atoms with van der Waals surface area (Å²) < 4.78 is 10.9. The third-order valence-corrected chi connectivity index (χ3v) is 3.50. The van der Waals surface area contributed by atoms with Crippen LogP contribution in [0.1, 0.15) is 12.5 Å². The Morgan fingerprint density at radius 2 is 2.14 bits per heavy atom. The minimum Gasteiger partial charge on any atom is -0.493 e. The second-order valence-electron chi connectivity index (χ2n) is 4.55. The van der Waals surface area contributed by atoms with E-state index >= 15 is 0 Å². The Bertz CT molecular complexity index is 757. The van der Waals surface area contributed by atoms with Gasteiger partial charge < -0.3 is 19.6 Å². The molecular formula is C14H13ClN2O4. The molecule has 0 saturated heterocycles. The van der Waals surface area contributed by atoms with Crippen molar-refractivity contribution in [3.05, 3.63) is 33.1 Å². The van der Waals surface area contributed by atoms with Crippen LogP contribution in [-0.4, -0.2) is 28.3 Å². The van der Waals surface area contributed by atoms with Crippen molar-refractivity contribution in [3.63, 3.8) is 0 Å². The van der Waals surface area contributed by atoms with E-state index < -0.39 is 0 Å². The number of hydrogen-bond donors (Lipinski definition) is 2. The molecule has 21 heavy (non-hydrogen) atoms. The van der Waals surface area contributed by atoms with E-state index in [1.807, 2.05) is 0 Å². The maximum absolute atomic E-state index is 11.9. The van der Waals surface area contributed by atoms with Crippen LogP contribution in [0.3, 0.4) is 0 Å². The van der Waals surface area contributed by atoms with Crippen LogP contribution in [0, 0.1) is 0 Å². The van der Waals surface area contributed by atoms with Gasteiger partial charge in [0.15, 0.2) is 11.5 Å². The maximum atomic E-state index is 11.9. The first-order valence-corrected chi connectivity index (χ1v) is 6.89. The summed E-state index contributed by atoms with van der Waals surface area (Å²) in [4.78, 5) is 18.5. The predicted molar refractivity (Wildman–Crippen MR) is 77.3 cm³/mol. The lowest BCUT2D eigenvalue weighted by Crippen LogP contribution is -2.16. The van der Waals surface area contributed by atoms with Crippen molar-refractivity contribution in [2.45, 2.75) is 13.3 Å². The first-order chi connectivity index (χ1) is 10.1. The summed E-state index contributed by atoms with van der Waals surface area (Å²) >= 11 is 6.15. The van der Waals surface area contributed by atoms with E-state index in [0.29, 0.717) is 41.7 Å². The average Bonchev–Trinajstić information content (AvgIpc) is 2.47. The van der Waals surface area contributed by atoms with Crippen molar-refractivity contribution in [1.82, 2.24) is 9.97 Å². The number of aromatic hydroxyl groups is 1. The zero-order valence-electron chi connectivity index (χ0n) is 11.3. The van der Waals surface area contributed by atoms with Gasteiger partial charge in [0, 0.05) is 5.56 Å². The van der Waals surface area contributed by atoms with E-state index in [0.717, 1.165) is 0 Å². The molecule has 0 saturated carbocycles. The molecule has 0 spiro atoms. The van der Waals surface area contributed by atoms with Crippen LogP contribution in [0.25, 0.3) is 11.4 Å². The smallest absolute Gasteiger partial charge is 0.258 e. The molecule has 2 heterocycles. The highest BCUT2D eigenvalue weighted by Crippen LogP contribution is 2.40. The van der Waals surface area contributed by atoms with E-state index in [9.17, 15) is 9.90 Å². The lowest BCUT2D eigenvalue weighted by atomic mass is 10.1. The fourth-order valence-electron chi connectivity index (χ4n) is 2.19. The molecule has 1 aliphatic rings. The van der Waals surface area contributed by atoms with Crippen molar-refractivity contribution >= 4 is 11.6 Å². The fraction of sp³-hybridized carbons (Fsp3) is 0.286. The van der Waals surface area contributed by atoms with Crippen molar-refractivity contribution in [2.75, 3.05) is 13.2 Å². The first-order valence-electron chi connectivity index (χ1n) is 6.51. The molecular weight excluding hydrogens is 296 g/mol. The number of aromatic nitrogens is 2. The van der Waals surface area contributed by atoms with Gasteiger partial charge in [-0.15, -0.1) is 0 Å². The summed E-state index contributed by atoms with van der Waals surface area (Å²) in [5, 5.41) is 10.2. The summed E-state index contributed by atoms with van der Waals surface area (Å²) in [6, 6.07) is 3.28. The number of H-pyrrole nitrogens is 1. The molecule has 0 bridgehead atoms. The van der Waals surface area contributed by atoms with Crippen molar-refractivity contribution in [2.24, 2.45) is 0 Å². The molecule has 7 heteroatoms. The number of nitrogens with one attached hydrogen (secondary N) is 1. The normalized spacial score (nSPS) is 13.2. The summed E-state index contributed by atoms with van der Waals surface area (Å²) in [6.07, 6.45) is 0.399. The Morgan fingerprint density at radius 1 is 1.38 bits per heavy atom. The molecule has 0 fully saturated rings. The monoisotopic (exact) mass is 308 g/mol. The van der Waals surface area contributed by atoms with Gasteiger partial charge in [-0.3, -0.25) is 4.79 Å². The molecule has 0 amide bonds. The molecule has 1 aromatic heterocycles. The number of hydrogen-bond acceptors (Lipinski definition) is 5. The van der Waals surface area contributed by atoms with Crippen molar-refractivity contribution in [1.29, 1.82) is 0 Å². The van der Waals surface area contributed by atoms with Crippen LogP contribution in [0.2, 0.25) is 5.02 Å². The fourth-order valence-corrected chi connectivity index (χ4v) is 2.45. The van der Waals surface area contributed by atoms with E-state index in [-0.39, 0.29) is 22.8 Å². The van der Waals surface area contributed by atoms with Crippen LogP contribution in [-0.2, 0) is 6.42 Å². The molecule has 0 aliphatic carbocycles. The maximum Gasteiger partial charge on any atom is 0.258 e. The summed E-state index contributed by atoms with van der Waals surface area (Å²) in [5.74, 6) is 0.921. The Labute approximate surface area is 125 Å². The minimum atomic E-state index is -0.369. The van der Waals surface area contributed by atoms with E-state index in [1.165, 1.54) is 0 Å². The number of ether oxygens (including phenoxy) is 2. The van der Waals surface area contributed by atoms with Gasteiger partial charge in [-0.2, -0.15) is 4.98 Å². The number of benzene rings is 1. The standard InChI is InChI=1S/C14H13ClN2O4/c1-2-8-13(18)16-12(17-14(8)19)7-5-9(15)11-10(6-7)20-3-4-21-11/h5-6H,2-4H2,1H3,(H2,16,17,18,19). The van der Waals surface area contributed by atoms with Gasteiger partial charge in [0.05, 0.1) is 10.6 Å². The number of nitrogens with zero attached hydrogens (tertiary/aromatic N) is 1. The molecule has 1 aliphatic heterocycles. The van der Waals surface area contributed by atoms with Crippen LogP contribution < -0.4 is 15.0 Å². The molecule has 0 unspecified atom stereocenters. The highest BCUT2D eigenvalue weighted by molar-refractivity contribution is 6.32. The molecule has 6 nitrogen and oxygen atoms in total. The molecule has 0 radical (unpaired) electrons. The topological polar surface area (TPSA) is 84.4 Å². The Morgan fingerprint density at radius 3 is 2.86 bits per heavy atom. The molecule has 1 aromatic carbocycles. The van der Waals surface area contributed by atoms with Crippen molar-refractivity contribution in [3.8, 4) is 28.8 Å². The quantitative estimate of drug-likeness (QED) is 0.888. The molecule has 110 valence electrons. The van der Waals surface area contributed by atoms with Crippen molar-refractivity contribution < 1.29 is 14.6 Å². The van der Waals surface area contributed by atoms with Gasteiger partial charge in [-0.05, 0) is 18.6 Å². The van der Waals surface area contributed by atoms with Gasteiger partial charge in [0.25, 0.3) is 5.56 Å². The zero-order chi connectivity index (χ0) is 15.0. The van der Waals surface area contributed by atoms with Gasteiger partial charge in [0.2, 0.25) is 5.88 Å². The lowest BCUT2D eigenvalue weighted by Gasteiger charge is -2.20. The van der Waals surface area contributed by atoms with Crippen LogP contribution in [0.15, 0.2) is 16.9 Å². The van der Waals surface area contributed by atoms with Crippen LogP contribution in [0.4, 0.5) is 0 Å². The van der Waals surface area contributed by atoms with Gasteiger partial charge in [-0.1, -0.05) is 18.5 Å². The molecule has 2 N–H and O–H groups in total. The highest BCUT2D eigenvalue weighted by Gasteiger charge is 2.19. The second-order valence-corrected chi connectivity index (χ2v) is 4.96. The number of fused-ring (bicyclic) bond motifs is 1. The Balaban J connectivity index is 2.13. The summed E-state index contributed by atoms with van der Waals surface area (Å²) in [7, 11) is 0. The third kappa shape index (κ3) is 2.42. The average molecular weight is 309 g/mol. The van der Waals surface area contributed by atoms with Gasteiger partial charge in [0.1, 0.15) is 19.0 Å². The van der Waals surface area contributed by atoms with E-state index in [1.54, 1.807) is 19.1 Å². The van der Waals surface area contributed by atoms with Crippen LogP contribution in [0.5, 0.6) is 17.4 Å². The van der Waals surface area contributed by atoms with E-state index in [2.05, 4.69) is 9.97 Å². The highest BCUT2D eigenvalue weighted by atomic mass is 35.5. The molecule has 0 atom stereocenters. The third-order valence-electron chi connectivity index (χ3n) is 3.22.